The van der Waals surface area contributed by atoms with E-state index in [1.54, 1.807) is 4.57 Å². The molecule has 0 radical (unpaired) electrons. The molecule has 0 N–H and O–H groups in total. The molecule has 0 aliphatic rings. The Labute approximate surface area is 81.2 Å². The highest BCUT2D eigenvalue weighted by atomic mass is 16.6. The Bertz CT molecular complexity index is 377. The minimum Gasteiger partial charge on any atom is -0.358 e. The second kappa shape index (κ2) is 4.37. The van der Waals surface area contributed by atoms with E-state index in [0.717, 1.165) is 0 Å². The van der Waals surface area contributed by atoms with Crippen LogP contribution in [0.3, 0.4) is 0 Å². The van der Waals surface area contributed by atoms with Crippen molar-refractivity contribution in [3.05, 3.63) is 33.6 Å². The first kappa shape index (κ1) is 10.2. The minimum absolute atomic E-state index is 0.0996. The van der Waals surface area contributed by atoms with Crippen LogP contribution < -0.4 is 0 Å². The Hall–Kier alpha value is -1.90. The maximum Gasteiger partial charge on any atom is 0.384 e. The molecule has 6 heteroatoms. The van der Waals surface area contributed by atoms with Crippen molar-refractivity contribution >= 4 is 5.82 Å². The van der Waals surface area contributed by atoms with E-state index in [9.17, 15) is 10.1 Å². The number of rotatable bonds is 4. The van der Waals surface area contributed by atoms with Crippen LogP contribution in [0.1, 0.15) is 12.6 Å². The van der Waals surface area contributed by atoms with Gasteiger partial charge in [-0.1, -0.05) is 6.92 Å². The Balaban J connectivity index is 2.96. The van der Waals surface area contributed by atoms with E-state index in [4.69, 9.17) is 6.57 Å². The molecule has 0 bridgehead atoms. The molecule has 0 aromatic carbocycles. The maximum absolute atomic E-state index is 10.5. The lowest BCUT2D eigenvalue weighted by atomic mass is 10.3. The standard InChI is InChI=1S/C8H10N4O2/c1-3-7-8(12(13)14)10-6-11(7)5-4-9-2/h6H,3-5H2,1H3. The van der Waals surface area contributed by atoms with E-state index >= 15 is 0 Å². The van der Waals surface area contributed by atoms with Crippen LogP contribution in [0.2, 0.25) is 0 Å². The molecule has 0 aliphatic heterocycles. The van der Waals surface area contributed by atoms with Crippen molar-refractivity contribution in [3.63, 3.8) is 0 Å². The summed E-state index contributed by atoms with van der Waals surface area (Å²) < 4.78 is 1.66. The van der Waals surface area contributed by atoms with Crippen LogP contribution in [0.15, 0.2) is 6.33 Å². The number of nitrogens with zero attached hydrogens (tertiary/aromatic N) is 4. The van der Waals surface area contributed by atoms with E-state index in [0.29, 0.717) is 25.2 Å². The number of hydrogen-bond donors (Lipinski definition) is 0. The van der Waals surface area contributed by atoms with Gasteiger partial charge in [0.25, 0.3) is 0 Å². The first-order valence-electron chi connectivity index (χ1n) is 4.22. The largest absolute Gasteiger partial charge is 0.384 e. The van der Waals surface area contributed by atoms with Crippen LogP contribution in [0.5, 0.6) is 0 Å². The highest BCUT2D eigenvalue weighted by Gasteiger charge is 2.19. The molecule has 0 atom stereocenters. The van der Waals surface area contributed by atoms with Gasteiger partial charge >= 0.3 is 5.82 Å². The summed E-state index contributed by atoms with van der Waals surface area (Å²) in [6.45, 7) is 9.25. The van der Waals surface area contributed by atoms with Crippen molar-refractivity contribution in [2.24, 2.45) is 0 Å². The number of imidazole rings is 1. The quantitative estimate of drug-likeness (QED) is 0.412. The van der Waals surface area contributed by atoms with Gasteiger partial charge < -0.3 is 19.5 Å². The first-order chi connectivity index (χ1) is 6.70. The maximum atomic E-state index is 10.5. The van der Waals surface area contributed by atoms with Gasteiger partial charge in [-0.25, -0.2) is 6.57 Å². The van der Waals surface area contributed by atoms with Gasteiger partial charge in [-0.15, -0.1) is 0 Å². The predicted molar refractivity (Wildman–Crippen MR) is 49.7 cm³/mol. The molecule has 1 aromatic heterocycles. The zero-order valence-electron chi connectivity index (χ0n) is 7.80. The summed E-state index contributed by atoms with van der Waals surface area (Å²) in [6, 6.07) is 0. The van der Waals surface area contributed by atoms with Crippen molar-refractivity contribution < 1.29 is 4.92 Å². The Morgan fingerprint density at radius 2 is 2.50 bits per heavy atom. The highest BCUT2D eigenvalue weighted by Crippen LogP contribution is 2.16. The zero-order valence-corrected chi connectivity index (χ0v) is 7.80. The van der Waals surface area contributed by atoms with Crippen molar-refractivity contribution in [3.8, 4) is 0 Å². The van der Waals surface area contributed by atoms with Gasteiger partial charge in [0.1, 0.15) is 5.69 Å². The van der Waals surface area contributed by atoms with Gasteiger partial charge in [-0.05, 0) is 16.3 Å². The van der Waals surface area contributed by atoms with Crippen LogP contribution in [-0.4, -0.2) is 21.0 Å². The summed E-state index contributed by atoms with van der Waals surface area (Å²) in [6.07, 6.45) is 1.97. The predicted octanol–water partition coefficient (Wildman–Crippen LogP) is 1.27. The lowest BCUT2D eigenvalue weighted by molar-refractivity contribution is -0.390. The summed E-state index contributed by atoms with van der Waals surface area (Å²) in [4.78, 5) is 16.9. The smallest absolute Gasteiger partial charge is 0.358 e. The summed E-state index contributed by atoms with van der Waals surface area (Å²) in [5.74, 6) is -0.0996. The molecule has 74 valence electrons. The van der Waals surface area contributed by atoms with E-state index < -0.39 is 4.92 Å². The van der Waals surface area contributed by atoms with Crippen molar-refractivity contribution in [2.45, 2.75) is 19.9 Å². The highest BCUT2D eigenvalue weighted by molar-refractivity contribution is 5.27. The third-order valence-corrected chi connectivity index (χ3v) is 1.88. The molecule has 0 saturated heterocycles. The summed E-state index contributed by atoms with van der Waals surface area (Å²) in [7, 11) is 0. The average molecular weight is 194 g/mol. The molecule has 1 heterocycles. The minimum atomic E-state index is -0.493. The summed E-state index contributed by atoms with van der Waals surface area (Å²) in [5.41, 5.74) is 0.582. The Morgan fingerprint density at radius 1 is 1.79 bits per heavy atom. The van der Waals surface area contributed by atoms with Gasteiger partial charge in [0.2, 0.25) is 12.9 Å². The molecule has 0 amide bonds. The van der Waals surface area contributed by atoms with Crippen LogP contribution in [-0.2, 0) is 13.0 Å². The van der Waals surface area contributed by atoms with Crippen LogP contribution in [0, 0.1) is 16.7 Å². The lowest BCUT2D eigenvalue weighted by Crippen LogP contribution is -2.04. The summed E-state index contributed by atoms with van der Waals surface area (Å²) >= 11 is 0. The average Bonchev–Trinajstić information content (AvgIpc) is 2.57. The van der Waals surface area contributed by atoms with Crippen LogP contribution >= 0.6 is 0 Å². The molecular formula is C8H10N4O2. The van der Waals surface area contributed by atoms with Crippen LogP contribution in [0.25, 0.3) is 4.85 Å². The van der Waals surface area contributed by atoms with Crippen LogP contribution in [0.4, 0.5) is 5.82 Å². The van der Waals surface area contributed by atoms with Gasteiger partial charge in [-0.3, -0.25) is 0 Å². The molecule has 0 unspecified atom stereocenters. The van der Waals surface area contributed by atoms with Gasteiger partial charge in [0.05, 0.1) is 6.54 Å². The second-order valence-electron chi connectivity index (χ2n) is 2.70. The molecular weight excluding hydrogens is 184 g/mol. The fourth-order valence-corrected chi connectivity index (χ4v) is 1.26. The van der Waals surface area contributed by atoms with Crippen molar-refractivity contribution in [1.29, 1.82) is 0 Å². The molecule has 0 fully saturated rings. The van der Waals surface area contributed by atoms with E-state index in [1.165, 1.54) is 6.33 Å². The third kappa shape index (κ3) is 1.88. The Morgan fingerprint density at radius 3 is 3.00 bits per heavy atom. The molecule has 1 aromatic rings. The fraction of sp³-hybridized carbons (Fsp3) is 0.500. The SMILES string of the molecule is [C-]#[N+]CCn1cnc([N+](=O)[O-])c1CC. The van der Waals surface area contributed by atoms with Gasteiger partial charge in [-0.2, -0.15) is 0 Å². The van der Waals surface area contributed by atoms with E-state index in [1.807, 2.05) is 6.92 Å². The van der Waals surface area contributed by atoms with Crippen molar-refractivity contribution in [1.82, 2.24) is 9.55 Å². The van der Waals surface area contributed by atoms with Crippen molar-refractivity contribution in [2.75, 3.05) is 6.54 Å². The first-order valence-corrected chi connectivity index (χ1v) is 4.22. The second-order valence-corrected chi connectivity index (χ2v) is 2.70. The van der Waals surface area contributed by atoms with Gasteiger partial charge in [0.15, 0.2) is 0 Å². The molecule has 14 heavy (non-hydrogen) atoms. The molecule has 1 rings (SSSR count). The third-order valence-electron chi connectivity index (χ3n) is 1.88. The fourth-order valence-electron chi connectivity index (χ4n) is 1.26. The zero-order chi connectivity index (χ0) is 10.6. The normalized spacial score (nSPS) is 9.71. The molecule has 0 spiro atoms. The lowest BCUT2D eigenvalue weighted by Gasteiger charge is -1.99. The molecule has 0 saturated carbocycles. The number of aromatic nitrogens is 2. The molecule has 6 nitrogen and oxygen atoms in total. The number of hydrogen-bond acceptors (Lipinski definition) is 3. The Kier molecular flexibility index (Phi) is 3.18. The number of nitro groups is 1. The topological polar surface area (TPSA) is 65.3 Å². The molecule has 0 aliphatic carbocycles. The monoisotopic (exact) mass is 194 g/mol. The summed E-state index contributed by atoms with van der Waals surface area (Å²) in [5, 5.41) is 10.5. The van der Waals surface area contributed by atoms with E-state index in [2.05, 4.69) is 9.83 Å². The van der Waals surface area contributed by atoms with Gasteiger partial charge in [0, 0.05) is 0 Å². The van der Waals surface area contributed by atoms with E-state index in [-0.39, 0.29) is 5.82 Å².